The van der Waals surface area contributed by atoms with Crippen LogP contribution in [0, 0.1) is 0 Å². The largest absolute Gasteiger partial charge is 0.368 e. The Labute approximate surface area is 98.7 Å². The summed E-state index contributed by atoms with van der Waals surface area (Å²) in [7, 11) is 0. The van der Waals surface area contributed by atoms with Gasteiger partial charge in [0, 0.05) is 18.3 Å². The predicted octanol–water partition coefficient (Wildman–Crippen LogP) is 2.57. The Hall–Kier alpha value is -1.09. The first kappa shape index (κ1) is 13.0. The molecule has 3 nitrogen and oxygen atoms in total. The number of aromatic nitrogens is 1. The van der Waals surface area contributed by atoms with Crippen molar-refractivity contribution in [3.63, 3.8) is 0 Å². The second kappa shape index (κ2) is 6.48. The van der Waals surface area contributed by atoms with Crippen LogP contribution in [-0.2, 0) is 13.0 Å². The van der Waals surface area contributed by atoms with Crippen LogP contribution >= 0.6 is 0 Å². The fourth-order valence-electron chi connectivity index (χ4n) is 1.57. The van der Waals surface area contributed by atoms with E-state index in [1.54, 1.807) is 0 Å². The van der Waals surface area contributed by atoms with Gasteiger partial charge in [-0.1, -0.05) is 13.8 Å². The number of hydrogen-bond donors (Lipinski definition) is 2. The van der Waals surface area contributed by atoms with Crippen LogP contribution in [-0.4, -0.2) is 17.6 Å². The molecule has 0 aromatic carbocycles. The molecular formula is C13H23N3. The highest BCUT2D eigenvalue weighted by Crippen LogP contribution is 2.12. The van der Waals surface area contributed by atoms with Gasteiger partial charge in [-0.2, -0.15) is 0 Å². The summed E-state index contributed by atoms with van der Waals surface area (Å²) in [4.78, 5) is 4.56. The van der Waals surface area contributed by atoms with Crippen molar-refractivity contribution in [2.75, 3.05) is 11.9 Å². The third kappa shape index (κ3) is 4.19. The molecule has 0 radical (unpaired) electrons. The zero-order valence-electron chi connectivity index (χ0n) is 10.8. The zero-order chi connectivity index (χ0) is 12.0. The summed E-state index contributed by atoms with van der Waals surface area (Å²) in [6, 6.07) is 4.72. The van der Waals surface area contributed by atoms with E-state index in [2.05, 4.69) is 55.4 Å². The maximum Gasteiger partial charge on any atom is 0.126 e. The average molecular weight is 221 g/mol. The Bertz CT molecular complexity index is 321. The van der Waals surface area contributed by atoms with E-state index >= 15 is 0 Å². The summed E-state index contributed by atoms with van der Waals surface area (Å²) in [5, 5.41) is 6.70. The number of nitrogens with zero attached hydrogens (tertiary/aromatic N) is 1. The molecule has 1 aromatic heterocycles. The number of rotatable bonds is 6. The molecule has 16 heavy (non-hydrogen) atoms. The van der Waals surface area contributed by atoms with Gasteiger partial charge in [0.05, 0.1) is 0 Å². The lowest BCUT2D eigenvalue weighted by atomic mass is 10.2. The van der Waals surface area contributed by atoms with Crippen LogP contribution in [0.25, 0.3) is 0 Å². The van der Waals surface area contributed by atoms with Crippen molar-refractivity contribution in [2.45, 2.75) is 46.7 Å². The number of nitrogens with one attached hydrogen (secondary N) is 2. The summed E-state index contributed by atoms with van der Waals surface area (Å²) in [6.07, 6.45) is 0.979. The van der Waals surface area contributed by atoms with Gasteiger partial charge in [-0.05, 0) is 44.5 Å². The van der Waals surface area contributed by atoms with Crippen LogP contribution < -0.4 is 10.6 Å². The smallest absolute Gasteiger partial charge is 0.126 e. The van der Waals surface area contributed by atoms with Crippen molar-refractivity contribution < 1.29 is 0 Å². The second-order valence-electron chi connectivity index (χ2n) is 4.28. The second-order valence-corrected chi connectivity index (χ2v) is 4.28. The molecule has 0 fully saturated rings. The van der Waals surface area contributed by atoms with Crippen molar-refractivity contribution >= 4 is 5.82 Å². The Balaban J connectivity index is 2.82. The first-order chi connectivity index (χ1) is 7.65. The van der Waals surface area contributed by atoms with Crippen LogP contribution in [0.15, 0.2) is 12.1 Å². The van der Waals surface area contributed by atoms with Crippen molar-refractivity contribution in [1.29, 1.82) is 0 Å². The average Bonchev–Trinajstić information content (AvgIpc) is 2.25. The molecule has 2 N–H and O–H groups in total. The number of anilines is 1. The van der Waals surface area contributed by atoms with Gasteiger partial charge in [-0.25, -0.2) is 4.98 Å². The van der Waals surface area contributed by atoms with Crippen molar-refractivity contribution in [3.05, 3.63) is 23.4 Å². The van der Waals surface area contributed by atoms with Gasteiger partial charge in [0.2, 0.25) is 0 Å². The van der Waals surface area contributed by atoms with Crippen molar-refractivity contribution in [2.24, 2.45) is 0 Å². The molecule has 0 aliphatic heterocycles. The van der Waals surface area contributed by atoms with E-state index in [9.17, 15) is 0 Å². The molecule has 0 atom stereocenters. The fourth-order valence-corrected chi connectivity index (χ4v) is 1.57. The first-order valence-electron chi connectivity index (χ1n) is 6.12. The standard InChI is InChI=1S/C13H23N3/c1-5-12-7-11(9-14-6-2)8-13(16-12)15-10(3)4/h7-8,10,14H,5-6,9H2,1-4H3,(H,15,16). The number of hydrogen-bond acceptors (Lipinski definition) is 3. The lowest BCUT2D eigenvalue weighted by Gasteiger charge is -2.12. The van der Waals surface area contributed by atoms with Crippen LogP contribution in [0.2, 0.25) is 0 Å². The highest BCUT2D eigenvalue weighted by molar-refractivity contribution is 5.40. The normalized spacial score (nSPS) is 10.8. The Morgan fingerprint density at radius 2 is 2.00 bits per heavy atom. The van der Waals surface area contributed by atoms with Gasteiger partial charge in [0.1, 0.15) is 5.82 Å². The minimum Gasteiger partial charge on any atom is -0.368 e. The lowest BCUT2D eigenvalue weighted by molar-refractivity contribution is 0.724. The van der Waals surface area contributed by atoms with Gasteiger partial charge in [0.25, 0.3) is 0 Å². The molecular weight excluding hydrogens is 198 g/mol. The maximum absolute atomic E-state index is 4.56. The van der Waals surface area contributed by atoms with E-state index < -0.39 is 0 Å². The molecule has 3 heteroatoms. The number of aryl methyl sites for hydroxylation is 1. The monoisotopic (exact) mass is 221 g/mol. The van der Waals surface area contributed by atoms with Gasteiger partial charge >= 0.3 is 0 Å². The fraction of sp³-hybridized carbons (Fsp3) is 0.615. The lowest BCUT2D eigenvalue weighted by Crippen LogP contribution is -2.15. The molecule has 0 saturated heterocycles. The number of pyridine rings is 1. The Morgan fingerprint density at radius 1 is 1.25 bits per heavy atom. The van der Waals surface area contributed by atoms with E-state index in [0.29, 0.717) is 6.04 Å². The molecule has 0 bridgehead atoms. The van der Waals surface area contributed by atoms with E-state index in [4.69, 9.17) is 0 Å². The Kier molecular flexibility index (Phi) is 5.26. The molecule has 0 spiro atoms. The van der Waals surface area contributed by atoms with Gasteiger partial charge in [-0.3, -0.25) is 0 Å². The molecule has 1 heterocycles. The SMILES string of the molecule is CCNCc1cc(CC)nc(NC(C)C)c1. The third-order valence-corrected chi connectivity index (χ3v) is 2.32. The molecule has 90 valence electrons. The van der Waals surface area contributed by atoms with Crippen LogP contribution in [0.3, 0.4) is 0 Å². The molecule has 1 rings (SSSR count). The summed E-state index contributed by atoms with van der Waals surface area (Å²) >= 11 is 0. The highest BCUT2D eigenvalue weighted by Gasteiger charge is 2.02. The molecule has 0 aliphatic carbocycles. The summed E-state index contributed by atoms with van der Waals surface area (Å²) in [5.74, 6) is 0.988. The zero-order valence-corrected chi connectivity index (χ0v) is 10.8. The Morgan fingerprint density at radius 3 is 2.56 bits per heavy atom. The van der Waals surface area contributed by atoms with E-state index in [0.717, 1.165) is 31.0 Å². The van der Waals surface area contributed by atoms with Crippen LogP contribution in [0.4, 0.5) is 5.82 Å². The first-order valence-corrected chi connectivity index (χ1v) is 6.12. The van der Waals surface area contributed by atoms with Gasteiger partial charge < -0.3 is 10.6 Å². The minimum atomic E-state index is 0.423. The molecule has 0 saturated carbocycles. The van der Waals surface area contributed by atoms with E-state index in [-0.39, 0.29) is 0 Å². The summed E-state index contributed by atoms with van der Waals surface area (Å²) < 4.78 is 0. The van der Waals surface area contributed by atoms with Crippen molar-refractivity contribution in [1.82, 2.24) is 10.3 Å². The van der Waals surface area contributed by atoms with Gasteiger partial charge in [-0.15, -0.1) is 0 Å². The predicted molar refractivity (Wildman–Crippen MR) is 69.8 cm³/mol. The topological polar surface area (TPSA) is 37.0 Å². The molecule has 1 aromatic rings. The van der Waals surface area contributed by atoms with Crippen molar-refractivity contribution in [3.8, 4) is 0 Å². The molecule has 0 aliphatic rings. The highest BCUT2D eigenvalue weighted by atomic mass is 15.0. The molecule has 0 amide bonds. The quantitative estimate of drug-likeness (QED) is 0.775. The van der Waals surface area contributed by atoms with Crippen LogP contribution in [0.1, 0.15) is 39.0 Å². The van der Waals surface area contributed by atoms with E-state index in [1.165, 1.54) is 5.56 Å². The van der Waals surface area contributed by atoms with Gasteiger partial charge in [0.15, 0.2) is 0 Å². The summed E-state index contributed by atoms with van der Waals surface area (Å²) in [5.41, 5.74) is 2.45. The maximum atomic E-state index is 4.56. The minimum absolute atomic E-state index is 0.423. The van der Waals surface area contributed by atoms with Crippen LogP contribution in [0.5, 0.6) is 0 Å². The summed E-state index contributed by atoms with van der Waals surface area (Å²) in [6.45, 7) is 10.4. The molecule has 0 unspecified atom stereocenters. The van der Waals surface area contributed by atoms with E-state index in [1.807, 2.05) is 0 Å². The third-order valence-electron chi connectivity index (χ3n) is 2.32.